The molecule has 2 aliphatic carbocycles. The summed E-state index contributed by atoms with van der Waals surface area (Å²) in [5.74, 6) is 0.594. The number of halogens is 1. The van der Waals surface area contributed by atoms with Crippen molar-refractivity contribution in [1.82, 2.24) is 0 Å². The average molecular weight is 268 g/mol. The normalized spacial score (nSPS) is 52.3. The van der Waals surface area contributed by atoms with Crippen LogP contribution in [-0.2, 0) is 9.53 Å². The third-order valence-electron chi connectivity index (χ3n) is 6.33. The molecule has 5 atom stereocenters. The highest BCUT2D eigenvalue weighted by Gasteiger charge is 2.64. The Morgan fingerprint density at radius 3 is 2.53 bits per heavy atom. The molecule has 0 spiro atoms. The van der Waals surface area contributed by atoms with Gasteiger partial charge in [0, 0.05) is 5.92 Å². The van der Waals surface area contributed by atoms with Gasteiger partial charge in [-0.25, -0.2) is 4.39 Å². The fraction of sp³-hybridized carbons (Fsp3) is 0.938. The van der Waals surface area contributed by atoms with Crippen LogP contribution in [0.4, 0.5) is 4.39 Å². The lowest BCUT2D eigenvalue weighted by atomic mass is 9.45. The number of alkyl halides is 1. The number of hydrogen-bond acceptors (Lipinski definition) is 2. The third-order valence-corrected chi connectivity index (χ3v) is 6.33. The molecule has 2 saturated carbocycles. The summed E-state index contributed by atoms with van der Waals surface area (Å²) in [5.41, 5.74) is -0.421. The predicted octanol–water partition coefficient (Wildman–Crippen LogP) is 3.88. The van der Waals surface area contributed by atoms with Gasteiger partial charge < -0.3 is 4.74 Å². The lowest BCUT2D eigenvalue weighted by Crippen LogP contribution is -2.57. The van der Waals surface area contributed by atoms with Crippen LogP contribution in [0.3, 0.4) is 0 Å². The Hall–Kier alpha value is -0.600. The molecule has 3 fully saturated rings. The molecule has 3 heteroatoms. The fourth-order valence-corrected chi connectivity index (χ4v) is 5.75. The molecule has 0 radical (unpaired) electrons. The van der Waals surface area contributed by atoms with Crippen molar-refractivity contribution < 1.29 is 13.9 Å². The Morgan fingerprint density at radius 2 is 1.84 bits per heavy atom. The SMILES string of the molecule is CC1(C)C[C@H](F)C[C@]2(C)[C@H]3CC(=O)O[C@]3(C)CC[C@@H]12. The smallest absolute Gasteiger partial charge is 0.306 e. The molecule has 0 bridgehead atoms. The summed E-state index contributed by atoms with van der Waals surface area (Å²) in [5, 5.41) is 0. The lowest BCUT2D eigenvalue weighted by Gasteiger charge is -2.60. The van der Waals surface area contributed by atoms with Crippen molar-refractivity contribution in [2.45, 2.75) is 71.6 Å². The molecule has 0 aromatic carbocycles. The summed E-state index contributed by atoms with van der Waals surface area (Å²) in [4.78, 5) is 11.8. The Kier molecular flexibility index (Phi) is 2.63. The molecule has 0 unspecified atom stereocenters. The molecule has 1 aliphatic heterocycles. The van der Waals surface area contributed by atoms with Crippen LogP contribution in [0.2, 0.25) is 0 Å². The van der Waals surface area contributed by atoms with E-state index in [0.717, 1.165) is 12.8 Å². The second kappa shape index (κ2) is 3.73. The van der Waals surface area contributed by atoms with Crippen molar-refractivity contribution in [2.24, 2.45) is 22.7 Å². The predicted molar refractivity (Wildman–Crippen MR) is 71.3 cm³/mol. The zero-order valence-electron chi connectivity index (χ0n) is 12.5. The monoisotopic (exact) mass is 268 g/mol. The number of carbonyl (C=O) groups is 1. The van der Waals surface area contributed by atoms with Gasteiger partial charge in [0.15, 0.2) is 0 Å². The highest BCUT2D eigenvalue weighted by Crippen LogP contribution is 2.65. The van der Waals surface area contributed by atoms with Crippen LogP contribution in [0.5, 0.6) is 0 Å². The Labute approximate surface area is 115 Å². The highest BCUT2D eigenvalue weighted by molar-refractivity contribution is 5.73. The first-order valence-corrected chi connectivity index (χ1v) is 7.53. The maximum atomic E-state index is 14.2. The Balaban J connectivity index is 2.02. The molecule has 2 nitrogen and oxygen atoms in total. The van der Waals surface area contributed by atoms with Gasteiger partial charge in [-0.2, -0.15) is 0 Å². The van der Waals surface area contributed by atoms with E-state index in [2.05, 4.69) is 27.7 Å². The van der Waals surface area contributed by atoms with Crippen LogP contribution in [0.25, 0.3) is 0 Å². The summed E-state index contributed by atoms with van der Waals surface area (Å²) in [7, 11) is 0. The van der Waals surface area contributed by atoms with Crippen LogP contribution in [0.1, 0.15) is 59.8 Å². The molecule has 0 amide bonds. The second-order valence-corrected chi connectivity index (χ2v) is 8.13. The van der Waals surface area contributed by atoms with Gasteiger partial charge in [-0.15, -0.1) is 0 Å². The van der Waals surface area contributed by atoms with Gasteiger partial charge in [0.1, 0.15) is 11.8 Å². The van der Waals surface area contributed by atoms with Gasteiger partial charge in [-0.1, -0.05) is 20.8 Å². The number of ether oxygens (including phenoxy) is 1. The van der Waals surface area contributed by atoms with E-state index >= 15 is 0 Å². The first kappa shape index (κ1) is 13.4. The molecule has 1 heterocycles. The van der Waals surface area contributed by atoms with Crippen LogP contribution in [0, 0.1) is 22.7 Å². The molecular weight excluding hydrogens is 243 g/mol. The summed E-state index contributed by atoms with van der Waals surface area (Å²) in [6, 6.07) is 0. The molecule has 108 valence electrons. The van der Waals surface area contributed by atoms with Gasteiger partial charge in [-0.3, -0.25) is 4.79 Å². The second-order valence-electron chi connectivity index (χ2n) is 8.13. The van der Waals surface area contributed by atoms with Crippen molar-refractivity contribution in [2.75, 3.05) is 0 Å². The van der Waals surface area contributed by atoms with Crippen LogP contribution >= 0.6 is 0 Å². The van der Waals surface area contributed by atoms with E-state index in [-0.39, 0.29) is 28.3 Å². The van der Waals surface area contributed by atoms with E-state index in [4.69, 9.17) is 4.74 Å². The summed E-state index contributed by atoms with van der Waals surface area (Å²) >= 11 is 0. The highest BCUT2D eigenvalue weighted by atomic mass is 19.1. The van der Waals surface area contributed by atoms with Crippen molar-refractivity contribution in [3.63, 3.8) is 0 Å². The van der Waals surface area contributed by atoms with Crippen molar-refractivity contribution in [1.29, 1.82) is 0 Å². The van der Waals surface area contributed by atoms with Crippen LogP contribution < -0.4 is 0 Å². The van der Waals surface area contributed by atoms with E-state index in [1.807, 2.05) is 0 Å². The van der Waals surface area contributed by atoms with Gasteiger partial charge in [0.05, 0.1) is 6.42 Å². The number of rotatable bonds is 0. The molecule has 19 heavy (non-hydrogen) atoms. The molecule has 0 aromatic heterocycles. The fourth-order valence-electron chi connectivity index (χ4n) is 5.75. The van der Waals surface area contributed by atoms with Gasteiger partial charge in [0.25, 0.3) is 0 Å². The molecule has 3 aliphatic rings. The lowest BCUT2D eigenvalue weighted by molar-refractivity contribution is -0.171. The maximum absolute atomic E-state index is 14.2. The van der Waals surface area contributed by atoms with E-state index in [1.54, 1.807) is 0 Å². The first-order chi connectivity index (χ1) is 8.67. The molecule has 0 aromatic rings. The quantitative estimate of drug-likeness (QED) is 0.623. The van der Waals surface area contributed by atoms with Gasteiger partial charge in [-0.05, 0) is 49.4 Å². The largest absolute Gasteiger partial charge is 0.459 e. The zero-order chi connectivity index (χ0) is 14.1. The zero-order valence-corrected chi connectivity index (χ0v) is 12.5. The van der Waals surface area contributed by atoms with Crippen LogP contribution in [0.15, 0.2) is 0 Å². The average Bonchev–Trinajstić information content (AvgIpc) is 2.51. The van der Waals surface area contributed by atoms with Crippen molar-refractivity contribution >= 4 is 5.97 Å². The summed E-state index contributed by atoms with van der Waals surface area (Å²) < 4.78 is 19.9. The maximum Gasteiger partial charge on any atom is 0.306 e. The Bertz CT molecular complexity index is 419. The minimum Gasteiger partial charge on any atom is -0.459 e. The Morgan fingerprint density at radius 1 is 1.16 bits per heavy atom. The first-order valence-electron chi connectivity index (χ1n) is 7.53. The molecular formula is C16H25FO2. The van der Waals surface area contributed by atoms with Crippen LogP contribution in [-0.4, -0.2) is 17.7 Å². The standard InChI is InChI=1S/C16H25FO2/c1-14(2)8-10(17)9-15(3)11(14)5-6-16(4)12(15)7-13(18)19-16/h10-12H,5-9H2,1-4H3/t10-,11-,12+,15-,16+/m0/s1. The summed E-state index contributed by atoms with van der Waals surface area (Å²) in [6.07, 6.45) is 2.98. The number of hydrogen-bond donors (Lipinski definition) is 0. The van der Waals surface area contributed by atoms with Crippen molar-refractivity contribution in [3.05, 3.63) is 0 Å². The van der Waals surface area contributed by atoms with Gasteiger partial charge >= 0.3 is 5.97 Å². The number of fused-ring (bicyclic) bond motifs is 3. The molecule has 0 N–H and O–H groups in total. The molecule has 1 saturated heterocycles. The van der Waals surface area contributed by atoms with E-state index < -0.39 is 6.17 Å². The van der Waals surface area contributed by atoms with E-state index in [1.165, 1.54) is 0 Å². The summed E-state index contributed by atoms with van der Waals surface area (Å²) in [6.45, 7) is 8.65. The van der Waals surface area contributed by atoms with Gasteiger partial charge in [0.2, 0.25) is 0 Å². The number of esters is 1. The minimum absolute atomic E-state index is 0.0272. The van der Waals surface area contributed by atoms with E-state index in [9.17, 15) is 9.18 Å². The number of carbonyl (C=O) groups excluding carboxylic acids is 1. The van der Waals surface area contributed by atoms with Crippen molar-refractivity contribution in [3.8, 4) is 0 Å². The minimum atomic E-state index is -0.741. The van der Waals surface area contributed by atoms with E-state index in [0.29, 0.717) is 25.2 Å². The third kappa shape index (κ3) is 1.76. The molecule has 3 rings (SSSR count). The topological polar surface area (TPSA) is 26.3 Å².